The van der Waals surface area contributed by atoms with Gasteiger partial charge in [0.2, 0.25) is 0 Å². The Balaban J connectivity index is -0.000000539. The minimum atomic E-state index is -5.66. The van der Waals surface area contributed by atoms with Crippen LogP contribution in [-0.2, 0) is 26.9 Å². The van der Waals surface area contributed by atoms with Gasteiger partial charge in [-0.25, -0.2) is 0 Å². The largest absolute Gasteiger partial charge is 2.00 e. The number of hydrogen-bond donors (Lipinski definition) is 0. The van der Waals surface area contributed by atoms with Crippen LogP contribution in [0.1, 0.15) is 0 Å². The molecule has 0 amide bonds. The van der Waals surface area contributed by atoms with E-state index in [-0.39, 0.29) is 125 Å². The first-order valence-electron chi connectivity index (χ1n) is 7.35. The van der Waals surface area contributed by atoms with Gasteiger partial charge >= 0.3 is 129 Å². The Hall–Kier alpha value is 3.00. The molecule has 0 aliphatic carbocycles. The van der Waals surface area contributed by atoms with Gasteiger partial charge in [0.05, 0.1) is 15.6 Å². The summed E-state index contributed by atoms with van der Waals surface area (Å²) in [6.45, 7) is 0. The van der Waals surface area contributed by atoms with E-state index in [1.54, 1.807) is 0 Å². The van der Waals surface area contributed by atoms with Crippen LogP contribution < -0.4 is 38.4 Å². The average molecular weight is 691 g/mol. The molecule has 23 heteroatoms. The molecule has 0 radical (unpaired) electrons. The van der Waals surface area contributed by atoms with Crippen LogP contribution in [0.5, 0.6) is 11.5 Å². The fraction of sp³-hybridized carbons (Fsp3) is 0. The van der Waals surface area contributed by atoms with Crippen LogP contribution in [0.4, 0.5) is 0 Å². The number of phosphoric acid groups is 4. The zero-order valence-corrected chi connectivity index (χ0v) is 28.7. The first-order chi connectivity index (χ1) is 14.4. The Morgan fingerprint density at radius 2 is 0.743 bits per heavy atom. The zero-order valence-electron chi connectivity index (χ0n) is 17.0. The Labute approximate surface area is 298 Å². The molecule has 0 heterocycles. The summed E-state index contributed by atoms with van der Waals surface area (Å²) in [5, 5.41) is 0.652. The molecule has 0 saturated carbocycles. The van der Waals surface area contributed by atoms with Crippen LogP contribution in [0.2, 0.25) is 10.0 Å². The molecular weight excluding hydrogens is 683 g/mol. The predicted octanol–water partition coefficient (Wildman–Crippen LogP) is -1.08. The first kappa shape index (κ1) is 42.5. The molecule has 2 rings (SSSR count). The molecule has 180 valence electrons. The second-order valence-electron chi connectivity index (χ2n) is 5.04. The fourth-order valence-corrected chi connectivity index (χ4v) is 4.77. The normalized spacial score (nSPS) is 14.2. The van der Waals surface area contributed by atoms with Gasteiger partial charge in [0.25, 0.3) is 0 Å². The number of phosphoric ester groups is 2. The number of halogens is 2. The molecule has 2 atom stereocenters. The third kappa shape index (κ3) is 22.4. The second-order valence-corrected chi connectivity index (χ2v) is 11.2. The van der Waals surface area contributed by atoms with E-state index in [4.69, 9.17) is 23.2 Å². The quantitative estimate of drug-likeness (QED) is 0.236. The molecular formula is C12H8Ca3Cl2O14P4. The summed E-state index contributed by atoms with van der Waals surface area (Å²) >= 11 is 11.0. The van der Waals surface area contributed by atoms with E-state index in [1.165, 1.54) is 24.3 Å². The molecule has 14 nitrogen and oxygen atoms in total. The summed E-state index contributed by atoms with van der Waals surface area (Å²) in [5.41, 5.74) is 0. The Morgan fingerprint density at radius 1 is 0.514 bits per heavy atom. The van der Waals surface area contributed by atoms with Crippen molar-refractivity contribution in [2.24, 2.45) is 0 Å². The van der Waals surface area contributed by atoms with Gasteiger partial charge in [-0.1, -0.05) is 23.2 Å². The van der Waals surface area contributed by atoms with Crippen molar-refractivity contribution >= 4 is 168 Å². The second kappa shape index (κ2) is 18.4. The molecule has 0 aliphatic heterocycles. The summed E-state index contributed by atoms with van der Waals surface area (Å²) in [4.78, 5) is 62.0. The predicted molar refractivity (Wildman–Crippen MR) is 114 cm³/mol. The minimum Gasteiger partial charge on any atom is -0.789 e. The summed E-state index contributed by atoms with van der Waals surface area (Å²) in [6, 6.07) is 9.90. The molecule has 2 aromatic carbocycles. The molecule has 2 aromatic rings. The maximum atomic E-state index is 10.9. The molecule has 0 fully saturated rings. The van der Waals surface area contributed by atoms with Crippen LogP contribution in [-0.4, -0.2) is 113 Å². The van der Waals surface area contributed by atoms with Crippen LogP contribution in [0.15, 0.2) is 48.5 Å². The van der Waals surface area contributed by atoms with E-state index in [1.807, 2.05) is 0 Å². The van der Waals surface area contributed by atoms with Crippen molar-refractivity contribution in [2.75, 3.05) is 0 Å². The van der Waals surface area contributed by atoms with Gasteiger partial charge in [-0.15, -0.1) is 0 Å². The third-order valence-corrected chi connectivity index (χ3v) is 7.03. The van der Waals surface area contributed by atoms with Crippen molar-refractivity contribution in [1.29, 1.82) is 0 Å². The van der Waals surface area contributed by atoms with Crippen molar-refractivity contribution in [3.8, 4) is 11.5 Å². The van der Waals surface area contributed by atoms with Crippen molar-refractivity contribution in [1.82, 2.24) is 0 Å². The SMILES string of the molecule is O=P([O-])([O-])OP(=O)([O-])Oc1ccc(Cl)cc1.O=P([O-])([O-])OP(=O)([O-])Oc1ccc(Cl)cc1.[Ca+2].[Ca+2].[Ca+2]. The minimum absolute atomic E-state index is 0. The molecule has 0 bridgehead atoms. The van der Waals surface area contributed by atoms with Gasteiger partial charge in [-0.2, -0.15) is 0 Å². The Bertz CT molecular complexity index is 1010. The summed E-state index contributed by atoms with van der Waals surface area (Å²) < 4.78 is 56.7. The Morgan fingerprint density at radius 3 is 0.943 bits per heavy atom. The average Bonchev–Trinajstić information content (AvgIpc) is 2.55. The monoisotopic (exact) mass is 690 g/mol. The Kier molecular flexibility index (Phi) is 22.4. The zero-order chi connectivity index (χ0) is 24.8. The van der Waals surface area contributed by atoms with Crippen LogP contribution in [0.25, 0.3) is 0 Å². The van der Waals surface area contributed by atoms with Gasteiger partial charge in [0.15, 0.2) is 0 Å². The van der Waals surface area contributed by atoms with Crippen molar-refractivity contribution in [2.45, 2.75) is 0 Å². The summed E-state index contributed by atoms with van der Waals surface area (Å²) in [5.74, 6) is -0.452. The van der Waals surface area contributed by atoms with Crippen molar-refractivity contribution in [3.05, 3.63) is 58.6 Å². The van der Waals surface area contributed by atoms with Gasteiger partial charge in [-0.05, 0) is 48.5 Å². The maximum Gasteiger partial charge on any atom is 2.00 e. The molecule has 0 N–H and O–H groups in total. The van der Waals surface area contributed by atoms with Crippen LogP contribution >= 0.6 is 54.5 Å². The van der Waals surface area contributed by atoms with E-state index in [2.05, 4.69) is 17.7 Å². The first-order valence-corrected chi connectivity index (χ1v) is 13.9. The smallest absolute Gasteiger partial charge is 0.789 e. The van der Waals surface area contributed by atoms with Gasteiger partial charge in [0.1, 0.15) is 11.5 Å². The van der Waals surface area contributed by atoms with Crippen molar-refractivity contribution in [3.63, 3.8) is 0 Å². The number of hydrogen-bond acceptors (Lipinski definition) is 14. The van der Waals surface area contributed by atoms with E-state index < -0.39 is 31.3 Å². The maximum absolute atomic E-state index is 10.9. The van der Waals surface area contributed by atoms with Crippen molar-refractivity contribution < 1.29 is 65.3 Å². The molecule has 0 saturated heterocycles. The molecule has 0 spiro atoms. The standard InChI is InChI=1S/2C6H7ClO7P2.3Ca/c2*7-5-1-3-6(4-2-5)13-16(11,12)14-15(8,9)10;;;/h2*1-4H,(H,11,12)(H2,8,9,10);;;/q;;3*+2/p-6. The number of rotatable bonds is 8. The molecule has 35 heavy (non-hydrogen) atoms. The molecule has 0 aromatic heterocycles. The van der Waals surface area contributed by atoms with E-state index in [0.29, 0.717) is 10.0 Å². The molecule has 0 aliphatic rings. The number of benzene rings is 2. The molecule has 2 unspecified atom stereocenters. The van der Waals surface area contributed by atoms with Crippen LogP contribution in [0.3, 0.4) is 0 Å². The third-order valence-electron chi connectivity index (χ3n) is 2.46. The fourth-order valence-electron chi connectivity index (χ4n) is 1.53. The summed E-state index contributed by atoms with van der Waals surface area (Å²) in [7, 11) is -21.8. The van der Waals surface area contributed by atoms with Gasteiger partial charge in [0, 0.05) is 10.0 Å². The van der Waals surface area contributed by atoms with Gasteiger partial charge in [-0.3, -0.25) is 17.8 Å². The van der Waals surface area contributed by atoms with Gasteiger partial charge < -0.3 is 47.5 Å². The van der Waals surface area contributed by atoms with Crippen LogP contribution in [0, 0.1) is 0 Å². The van der Waals surface area contributed by atoms with E-state index in [9.17, 15) is 47.6 Å². The van der Waals surface area contributed by atoms with E-state index >= 15 is 0 Å². The summed E-state index contributed by atoms with van der Waals surface area (Å²) in [6.07, 6.45) is 0. The topological polar surface area (TPSA) is 244 Å². The van der Waals surface area contributed by atoms with E-state index in [0.717, 1.165) is 24.3 Å².